The highest BCUT2D eigenvalue weighted by atomic mass is 16.5. The van der Waals surface area contributed by atoms with Crippen molar-refractivity contribution in [2.24, 2.45) is 4.99 Å². The van der Waals surface area contributed by atoms with Gasteiger partial charge in [0.15, 0.2) is 0 Å². The lowest BCUT2D eigenvalue weighted by Gasteiger charge is -2.12. The summed E-state index contributed by atoms with van der Waals surface area (Å²) in [6.45, 7) is 8.32. The van der Waals surface area contributed by atoms with Gasteiger partial charge in [-0.05, 0) is 55.2 Å². The van der Waals surface area contributed by atoms with Gasteiger partial charge in [0, 0.05) is 48.2 Å². The van der Waals surface area contributed by atoms with E-state index < -0.39 is 0 Å². The van der Waals surface area contributed by atoms with Crippen molar-refractivity contribution in [2.75, 3.05) is 95.0 Å². The zero-order valence-electron chi connectivity index (χ0n) is 28.9. The van der Waals surface area contributed by atoms with Crippen molar-refractivity contribution >= 4 is 47.8 Å². The van der Waals surface area contributed by atoms with Gasteiger partial charge < -0.3 is 50.6 Å². The Kier molecular flexibility index (Phi) is 17.2. The number of aliphatic imine (C=N–C) groups is 1. The Morgan fingerprint density at radius 1 is 0.596 bits per heavy atom. The second kappa shape index (κ2) is 22.9. The Labute approximate surface area is 302 Å². The van der Waals surface area contributed by atoms with E-state index in [2.05, 4.69) is 53.2 Å². The number of rotatable bonds is 25. The zero-order valence-corrected chi connectivity index (χ0v) is 28.9. The number of aromatic hydroxyl groups is 1. The molecule has 0 fully saturated rings. The average molecular weight is 716 g/mol. The van der Waals surface area contributed by atoms with Crippen LogP contribution >= 0.6 is 0 Å². The number of hydrogen-bond donors (Lipinski definition) is 6. The highest BCUT2D eigenvalue weighted by Gasteiger charge is 2.10. The molecule has 1 aromatic heterocycles. The molecule has 3 aromatic carbocycles. The number of phenolic OH excluding ortho intramolecular Hbond substituents is 1. The quantitative estimate of drug-likeness (QED) is 0.0431. The minimum atomic E-state index is -0.228. The number of benzene rings is 3. The number of carbonyl (C=O) groups excluding carboxylic acids is 2. The van der Waals surface area contributed by atoms with Gasteiger partial charge in [-0.3, -0.25) is 14.6 Å². The maximum atomic E-state index is 12.6. The van der Waals surface area contributed by atoms with Crippen LogP contribution in [-0.2, 0) is 18.9 Å². The van der Waals surface area contributed by atoms with Crippen LogP contribution in [0, 0.1) is 0 Å². The number of nitrogens with zero attached hydrogens (tertiary/aromatic N) is 4. The van der Waals surface area contributed by atoms with Gasteiger partial charge in [0.1, 0.15) is 5.75 Å². The topological polar surface area (TPSA) is 202 Å². The Bertz CT molecular complexity index is 1660. The first-order chi connectivity index (χ1) is 25.5. The Hall–Kier alpha value is -5.68. The Balaban J connectivity index is 1.20. The largest absolute Gasteiger partial charge is 0.508 e. The highest BCUT2D eigenvalue weighted by Crippen LogP contribution is 2.21. The average Bonchev–Trinajstić information content (AvgIpc) is 3.15. The first-order valence-electron chi connectivity index (χ1n) is 16.8. The molecular weight excluding hydrogens is 670 g/mol. The number of anilines is 5. The van der Waals surface area contributed by atoms with Crippen LogP contribution in [0.3, 0.4) is 0 Å². The van der Waals surface area contributed by atoms with Crippen LogP contribution in [0.25, 0.3) is 0 Å². The second-order valence-electron chi connectivity index (χ2n) is 10.9. The van der Waals surface area contributed by atoms with E-state index in [-0.39, 0.29) is 35.4 Å². The van der Waals surface area contributed by atoms with Crippen LogP contribution < -0.4 is 26.6 Å². The number of phenols is 1. The lowest BCUT2D eigenvalue weighted by Crippen LogP contribution is -2.27. The van der Waals surface area contributed by atoms with Crippen LogP contribution in [-0.4, -0.2) is 118 Å². The van der Waals surface area contributed by atoms with Gasteiger partial charge >= 0.3 is 0 Å². The molecule has 0 atom stereocenters. The van der Waals surface area contributed by atoms with E-state index in [1.165, 1.54) is 0 Å². The fourth-order valence-corrected chi connectivity index (χ4v) is 4.39. The molecule has 0 unspecified atom stereocenters. The van der Waals surface area contributed by atoms with Crippen molar-refractivity contribution in [2.45, 2.75) is 0 Å². The molecular formula is C36H45N9O7. The summed E-state index contributed by atoms with van der Waals surface area (Å²) in [6, 6.07) is 22.4. The van der Waals surface area contributed by atoms with Crippen molar-refractivity contribution in [3.05, 3.63) is 90.0 Å². The number of ether oxygens (including phenoxy) is 4. The normalized spacial score (nSPS) is 10.7. The van der Waals surface area contributed by atoms with Gasteiger partial charge in [-0.15, -0.1) is 0 Å². The maximum Gasteiger partial charge on any atom is 0.251 e. The van der Waals surface area contributed by atoms with Crippen LogP contribution in [0.2, 0.25) is 0 Å². The molecule has 0 radical (unpaired) electrons. The fourth-order valence-electron chi connectivity index (χ4n) is 4.39. The summed E-state index contributed by atoms with van der Waals surface area (Å²) in [4.78, 5) is 41.7. The molecule has 52 heavy (non-hydrogen) atoms. The first kappa shape index (κ1) is 39.1. The molecule has 2 amide bonds. The molecule has 0 aliphatic rings. The molecule has 0 saturated heterocycles. The van der Waals surface area contributed by atoms with E-state index >= 15 is 0 Å². The van der Waals surface area contributed by atoms with Crippen LogP contribution in [0.1, 0.15) is 20.7 Å². The maximum absolute atomic E-state index is 12.6. The predicted molar refractivity (Wildman–Crippen MR) is 198 cm³/mol. The van der Waals surface area contributed by atoms with Crippen LogP contribution in [0.15, 0.2) is 83.9 Å². The van der Waals surface area contributed by atoms with Crippen molar-refractivity contribution in [1.29, 1.82) is 0 Å². The molecule has 0 aliphatic heterocycles. The number of aromatic nitrogens is 3. The predicted octanol–water partition coefficient (Wildman–Crippen LogP) is 3.40. The van der Waals surface area contributed by atoms with Gasteiger partial charge in [0.2, 0.25) is 17.8 Å². The molecule has 0 saturated carbocycles. The van der Waals surface area contributed by atoms with Gasteiger partial charge in [-0.1, -0.05) is 24.3 Å². The third-order valence-electron chi connectivity index (χ3n) is 6.91. The fraction of sp³-hybridized carbons (Fsp3) is 0.333. The third kappa shape index (κ3) is 15.1. The van der Waals surface area contributed by atoms with Crippen molar-refractivity contribution < 1.29 is 33.6 Å². The smallest absolute Gasteiger partial charge is 0.251 e. The first-order valence-corrected chi connectivity index (χ1v) is 16.8. The zero-order chi connectivity index (χ0) is 36.6. The molecule has 276 valence electrons. The summed E-state index contributed by atoms with van der Waals surface area (Å²) in [5.74, 6) is 0.482. The highest BCUT2D eigenvalue weighted by molar-refractivity contribution is 5.94. The molecule has 16 heteroatoms. The minimum absolute atomic E-state index is 0.0907. The summed E-state index contributed by atoms with van der Waals surface area (Å²) < 4.78 is 22.0. The monoisotopic (exact) mass is 715 g/mol. The van der Waals surface area contributed by atoms with Gasteiger partial charge in [-0.25, -0.2) is 0 Å². The van der Waals surface area contributed by atoms with Crippen molar-refractivity contribution in [1.82, 2.24) is 25.6 Å². The number of nitrogens with one attached hydrogen (secondary N) is 5. The standard InChI is InChI=1S/C36H45N9O7/c1-37-14-18-49-22-23-50-20-16-39-33(48)28-10-12-29(13-11-28)41-35-43-34(44-36(45-35)42-30-8-5-9-31(46)26-30)40-17-21-52-25-24-51-19-15-38-32(47)27-6-3-2-4-7-27/h2-13,26,46H,1,14-25H2,(H,38,47)(H,39,48)(H3,40,41,42,43,44,45). The van der Waals surface area contributed by atoms with Gasteiger partial charge in [0.05, 0.1) is 59.4 Å². The summed E-state index contributed by atoms with van der Waals surface area (Å²) >= 11 is 0. The number of hydrogen-bond acceptors (Lipinski definition) is 14. The third-order valence-corrected chi connectivity index (χ3v) is 6.91. The van der Waals surface area contributed by atoms with E-state index in [0.717, 1.165) is 0 Å². The van der Waals surface area contributed by atoms with E-state index in [0.29, 0.717) is 102 Å². The Morgan fingerprint density at radius 3 is 1.73 bits per heavy atom. The van der Waals surface area contributed by atoms with E-state index in [4.69, 9.17) is 18.9 Å². The molecule has 1 heterocycles. The van der Waals surface area contributed by atoms with E-state index in [1.807, 2.05) is 18.2 Å². The summed E-state index contributed by atoms with van der Waals surface area (Å²) in [7, 11) is 0. The molecule has 16 nitrogen and oxygen atoms in total. The van der Waals surface area contributed by atoms with Gasteiger partial charge in [0.25, 0.3) is 11.8 Å². The minimum Gasteiger partial charge on any atom is -0.508 e. The molecule has 4 aromatic rings. The summed E-state index contributed by atoms with van der Waals surface area (Å²) in [5.41, 5.74) is 2.32. The van der Waals surface area contributed by atoms with Crippen LogP contribution in [0.5, 0.6) is 5.75 Å². The molecule has 0 spiro atoms. The Morgan fingerprint density at radius 2 is 1.13 bits per heavy atom. The lowest BCUT2D eigenvalue weighted by molar-refractivity contribution is 0.0512. The van der Waals surface area contributed by atoms with Crippen LogP contribution in [0.4, 0.5) is 29.2 Å². The van der Waals surface area contributed by atoms with E-state index in [9.17, 15) is 14.7 Å². The van der Waals surface area contributed by atoms with Gasteiger partial charge in [-0.2, -0.15) is 15.0 Å². The molecule has 6 N–H and O–H groups in total. The lowest BCUT2D eigenvalue weighted by atomic mass is 10.2. The number of amides is 2. The molecule has 0 bridgehead atoms. The molecule has 0 aliphatic carbocycles. The number of carbonyl (C=O) groups is 2. The second-order valence-corrected chi connectivity index (χ2v) is 10.9. The SMILES string of the molecule is C=NCCOCCOCCNC(=O)c1ccc(Nc2nc(NCCOCCOCCNC(=O)c3ccccc3)nc(Nc3cccc(O)c3)n2)cc1. The summed E-state index contributed by atoms with van der Waals surface area (Å²) in [5, 5.41) is 24.9. The summed E-state index contributed by atoms with van der Waals surface area (Å²) in [6.07, 6.45) is 0. The van der Waals surface area contributed by atoms with E-state index in [1.54, 1.807) is 60.7 Å². The van der Waals surface area contributed by atoms with Crippen molar-refractivity contribution in [3.8, 4) is 5.75 Å². The van der Waals surface area contributed by atoms with Crippen molar-refractivity contribution in [3.63, 3.8) is 0 Å². The molecule has 4 rings (SSSR count).